The number of aliphatic hydroxyl groups excluding tert-OH is 1. The minimum atomic E-state index is 0.135. The maximum absolute atomic E-state index is 9.38. The van der Waals surface area contributed by atoms with Crippen LogP contribution in [0.25, 0.3) is 0 Å². The predicted molar refractivity (Wildman–Crippen MR) is 71.2 cm³/mol. The first-order valence-electron chi connectivity index (χ1n) is 6.04. The second-order valence-corrected chi connectivity index (χ2v) is 4.17. The number of aliphatic hydroxyl groups is 1. The van der Waals surface area contributed by atoms with Crippen molar-refractivity contribution in [2.75, 3.05) is 18.5 Å². The first kappa shape index (κ1) is 12.5. The van der Waals surface area contributed by atoms with Crippen molar-refractivity contribution in [2.24, 2.45) is 5.92 Å². The van der Waals surface area contributed by atoms with Crippen LogP contribution >= 0.6 is 0 Å². The van der Waals surface area contributed by atoms with Gasteiger partial charge in [-0.05, 0) is 30.7 Å². The monoisotopic (exact) mass is 243 g/mol. The fourth-order valence-corrected chi connectivity index (χ4v) is 1.73. The number of hydrogen-bond acceptors (Lipinski definition) is 4. The molecule has 2 rings (SSSR count). The highest BCUT2D eigenvalue weighted by molar-refractivity contribution is 5.33. The van der Waals surface area contributed by atoms with E-state index < -0.39 is 0 Å². The van der Waals surface area contributed by atoms with Crippen molar-refractivity contribution in [3.05, 3.63) is 54.5 Å². The number of nitrogens with one attached hydrogen (secondary N) is 1. The summed E-state index contributed by atoms with van der Waals surface area (Å²) in [6.07, 6.45) is 4.28. The van der Waals surface area contributed by atoms with Crippen molar-refractivity contribution in [3.63, 3.8) is 0 Å². The number of hydrogen-bond donors (Lipinski definition) is 2. The summed E-state index contributed by atoms with van der Waals surface area (Å²) in [5.74, 6) is 0.971. The smallest absolute Gasteiger partial charge is 0.125 e. The van der Waals surface area contributed by atoms with Crippen molar-refractivity contribution in [2.45, 2.75) is 6.42 Å². The third-order valence-electron chi connectivity index (χ3n) is 2.72. The van der Waals surface area contributed by atoms with Gasteiger partial charge in [-0.25, -0.2) is 4.98 Å². The Bertz CT molecular complexity index is 447. The summed E-state index contributed by atoms with van der Waals surface area (Å²) in [7, 11) is 0. The van der Waals surface area contributed by atoms with Crippen LogP contribution in [0.15, 0.2) is 48.8 Å². The Morgan fingerprint density at radius 1 is 1.06 bits per heavy atom. The molecule has 0 unspecified atom stereocenters. The van der Waals surface area contributed by atoms with E-state index in [1.165, 1.54) is 0 Å². The zero-order valence-electron chi connectivity index (χ0n) is 10.2. The summed E-state index contributed by atoms with van der Waals surface area (Å²) >= 11 is 0. The van der Waals surface area contributed by atoms with Crippen LogP contribution in [0.2, 0.25) is 0 Å². The molecule has 2 heterocycles. The fraction of sp³-hybridized carbons (Fsp3) is 0.286. The van der Waals surface area contributed by atoms with E-state index in [0.717, 1.165) is 17.9 Å². The molecule has 2 aromatic rings. The van der Waals surface area contributed by atoms with Gasteiger partial charge in [0.2, 0.25) is 0 Å². The van der Waals surface area contributed by atoms with Crippen LogP contribution in [0.5, 0.6) is 0 Å². The van der Waals surface area contributed by atoms with Crippen LogP contribution in [0.4, 0.5) is 5.82 Å². The molecule has 2 N–H and O–H groups in total. The highest BCUT2D eigenvalue weighted by Gasteiger charge is 2.09. The Morgan fingerprint density at radius 3 is 2.44 bits per heavy atom. The molecule has 0 spiro atoms. The van der Waals surface area contributed by atoms with E-state index in [4.69, 9.17) is 0 Å². The lowest BCUT2D eigenvalue weighted by atomic mass is 10.0. The average molecular weight is 243 g/mol. The van der Waals surface area contributed by atoms with Gasteiger partial charge in [0.25, 0.3) is 0 Å². The zero-order valence-corrected chi connectivity index (χ0v) is 10.2. The molecule has 0 aliphatic carbocycles. The lowest BCUT2D eigenvalue weighted by Crippen LogP contribution is -2.21. The van der Waals surface area contributed by atoms with Crippen LogP contribution < -0.4 is 5.32 Å². The molecule has 0 saturated carbocycles. The Morgan fingerprint density at radius 2 is 1.83 bits per heavy atom. The third-order valence-corrected chi connectivity index (χ3v) is 2.72. The maximum atomic E-state index is 9.38. The molecule has 0 saturated heterocycles. The molecule has 4 nitrogen and oxygen atoms in total. The average Bonchev–Trinajstić information content (AvgIpc) is 2.45. The lowest BCUT2D eigenvalue weighted by Gasteiger charge is -2.14. The lowest BCUT2D eigenvalue weighted by molar-refractivity contribution is 0.232. The Hall–Kier alpha value is -1.94. The van der Waals surface area contributed by atoms with Crippen LogP contribution in [0, 0.1) is 5.92 Å². The normalized spacial score (nSPS) is 12.1. The van der Waals surface area contributed by atoms with Crippen LogP contribution in [0.1, 0.15) is 5.69 Å². The molecule has 0 aliphatic heterocycles. The Kier molecular flexibility index (Phi) is 4.67. The van der Waals surface area contributed by atoms with Gasteiger partial charge < -0.3 is 10.4 Å². The minimum Gasteiger partial charge on any atom is -0.396 e. The van der Waals surface area contributed by atoms with Gasteiger partial charge in [-0.2, -0.15) is 0 Å². The van der Waals surface area contributed by atoms with Gasteiger partial charge in [-0.3, -0.25) is 4.98 Å². The van der Waals surface area contributed by atoms with Crippen LogP contribution in [-0.2, 0) is 6.42 Å². The molecule has 94 valence electrons. The highest BCUT2D eigenvalue weighted by Crippen LogP contribution is 2.08. The number of nitrogens with zero attached hydrogens (tertiary/aromatic N) is 2. The van der Waals surface area contributed by atoms with E-state index in [-0.39, 0.29) is 12.5 Å². The molecule has 0 amide bonds. The van der Waals surface area contributed by atoms with Gasteiger partial charge in [0.15, 0.2) is 0 Å². The molecule has 1 atom stereocenters. The van der Waals surface area contributed by atoms with E-state index in [0.29, 0.717) is 6.54 Å². The van der Waals surface area contributed by atoms with E-state index in [1.54, 1.807) is 12.4 Å². The second kappa shape index (κ2) is 6.71. The van der Waals surface area contributed by atoms with E-state index in [2.05, 4.69) is 15.3 Å². The molecule has 0 fully saturated rings. The fourth-order valence-electron chi connectivity index (χ4n) is 1.73. The van der Waals surface area contributed by atoms with Crippen molar-refractivity contribution >= 4 is 5.82 Å². The topological polar surface area (TPSA) is 58.0 Å². The number of rotatable bonds is 6. The quantitative estimate of drug-likeness (QED) is 0.811. The number of aromatic nitrogens is 2. The summed E-state index contributed by atoms with van der Waals surface area (Å²) in [6, 6.07) is 11.6. The van der Waals surface area contributed by atoms with E-state index in [1.807, 2.05) is 36.4 Å². The molecular weight excluding hydrogens is 226 g/mol. The van der Waals surface area contributed by atoms with Crippen molar-refractivity contribution in [3.8, 4) is 0 Å². The van der Waals surface area contributed by atoms with Crippen LogP contribution in [0.3, 0.4) is 0 Å². The summed E-state index contributed by atoms with van der Waals surface area (Å²) in [4.78, 5) is 8.45. The van der Waals surface area contributed by atoms with Crippen molar-refractivity contribution < 1.29 is 5.11 Å². The SMILES string of the molecule is OC[C@@H](CNc1ccccn1)Cc1ccccn1. The summed E-state index contributed by atoms with van der Waals surface area (Å²) in [6.45, 7) is 0.820. The van der Waals surface area contributed by atoms with E-state index >= 15 is 0 Å². The minimum absolute atomic E-state index is 0.135. The van der Waals surface area contributed by atoms with Crippen LogP contribution in [-0.4, -0.2) is 28.2 Å². The molecule has 18 heavy (non-hydrogen) atoms. The Labute approximate surface area is 107 Å². The summed E-state index contributed by atoms with van der Waals surface area (Å²) in [5.41, 5.74) is 0.999. The summed E-state index contributed by atoms with van der Waals surface area (Å²) in [5, 5.41) is 12.6. The zero-order chi connectivity index (χ0) is 12.6. The first-order chi connectivity index (χ1) is 8.88. The largest absolute Gasteiger partial charge is 0.396 e. The molecule has 0 aliphatic rings. The second-order valence-electron chi connectivity index (χ2n) is 4.17. The Balaban J connectivity index is 1.86. The predicted octanol–water partition coefficient (Wildman–Crippen LogP) is 1.74. The number of pyridine rings is 2. The summed E-state index contributed by atoms with van der Waals surface area (Å²) < 4.78 is 0. The number of anilines is 1. The molecule has 4 heteroatoms. The molecule has 2 aromatic heterocycles. The van der Waals surface area contributed by atoms with E-state index in [9.17, 15) is 5.11 Å². The van der Waals surface area contributed by atoms with Gasteiger partial charge in [-0.15, -0.1) is 0 Å². The standard InChI is InChI=1S/C14H17N3O/c18-11-12(9-13-5-1-3-7-15-13)10-17-14-6-2-4-8-16-14/h1-8,12,18H,9-11H2,(H,16,17)/t12-/m1/s1. The van der Waals surface area contributed by atoms with Crippen molar-refractivity contribution in [1.29, 1.82) is 0 Å². The van der Waals surface area contributed by atoms with Gasteiger partial charge in [0, 0.05) is 37.2 Å². The van der Waals surface area contributed by atoms with Gasteiger partial charge >= 0.3 is 0 Å². The van der Waals surface area contributed by atoms with Gasteiger partial charge in [0.05, 0.1) is 0 Å². The molecule has 0 aromatic carbocycles. The molecule has 0 radical (unpaired) electrons. The maximum Gasteiger partial charge on any atom is 0.125 e. The first-order valence-corrected chi connectivity index (χ1v) is 6.04. The van der Waals surface area contributed by atoms with Gasteiger partial charge in [0.1, 0.15) is 5.82 Å². The molecule has 0 bridgehead atoms. The third kappa shape index (κ3) is 3.82. The van der Waals surface area contributed by atoms with Gasteiger partial charge in [-0.1, -0.05) is 12.1 Å². The van der Waals surface area contributed by atoms with Crippen molar-refractivity contribution in [1.82, 2.24) is 9.97 Å². The molecular formula is C14H17N3O. The highest BCUT2D eigenvalue weighted by atomic mass is 16.3.